The second kappa shape index (κ2) is 9.65. The molecule has 3 aromatic carbocycles. The second-order valence-electron chi connectivity index (χ2n) is 6.90. The molecule has 0 radical (unpaired) electrons. The Kier molecular flexibility index (Phi) is 6.51. The molecule has 4 aromatic rings. The Morgan fingerprint density at radius 2 is 1.66 bits per heavy atom. The van der Waals surface area contributed by atoms with Crippen molar-refractivity contribution in [2.24, 2.45) is 0 Å². The Hall–Kier alpha value is -3.65. The molecule has 4 rings (SSSR count). The number of rotatable bonds is 7. The van der Waals surface area contributed by atoms with Crippen LogP contribution in [0.15, 0.2) is 72.1 Å². The summed E-state index contributed by atoms with van der Waals surface area (Å²) < 4.78 is 45.2. The Morgan fingerprint density at radius 1 is 0.938 bits per heavy atom. The van der Waals surface area contributed by atoms with Crippen molar-refractivity contribution in [3.63, 3.8) is 0 Å². The summed E-state index contributed by atoms with van der Waals surface area (Å²) >= 11 is 1.33. The van der Waals surface area contributed by atoms with E-state index < -0.39 is 11.6 Å². The highest BCUT2D eigenvalue weighted by atomic mass is 32.1. The SMILES string of the molecule is O=C(NCc1ccc(F)cc1)c1csc(-c2ccc(OCc3ccc(F)cc3F)cc2)n1. The van der Waals surface area contributed by atoms with E-state index in [1.54, 1.807) is 41.8 Å². The van der Waals surface area contributed by atoms with E-state index in [1.165, 1.54) is 35.6 Å². The molecule has 1 heterocycles. The van der Waals surface area contributed by atoms with Gasteiger partial charge < -0.3 is 10.1 Å². The molecule has 0 unspecified atom stereocenters. The molecule has 0 aliphatic carbocycles. The van der Waals surface area contributed by atoms with Crippen molar-refractivity contribution in [2.75, 3.05) is 0 Å². The number of nitrogens with zero attached hydrogens (tertiary/aromatic N) is 1. The number of carbonyl (C=O) groups is 1. The predicted molar refractivity (Wildman–Crippen MR) is 116 cm³/mol. The molecule has 0 aliphatic heterocycles. The predicted octanol–water partition coefficient (Wildman–Crippen LogP) is 5.74. The first-order chi connectivity index (χ1) is 15.5. The van der Waals surface area contributed by atoms with Crippen LogP contribution in [0, 0.1) is 17.5 Å². The van der Waals surface area contributed by atoms with Crippen LogP contribution in [0.3, 0.4) is 0 Å². The highest BCUT2D eigenvalue weighted by Gasteiger charge is 2.12. The first-order valence-electron chi connectivity index (χ1n) is 9.63. The molecule has 1 N–H and O–H groups in total. The van der Waals surface area contributed by atoms with E-state index in [0.717, 1.165) is 17.2 Å². The summed E-state index contributed by atoms with van der Waals surface area (Å²) in [6.45, 7) is 0.244. The van der Waals surface area contributed by atoms with E-state index in [1.807, 2.05) is 0 Å². The lowest BCUT2D eigenvalue weighted by Gasteiger charge is -2.08. The van der Waals surface area contributed by atoms with Crippen molar-refractivity contribution < 1.29 is 22.7 Å². The summed E-state index contributed by atoms with van der Waals surface area (Å²) in [6, 6.07) is 16.2. The number of thiazole rings is 1. The van der Waals surface area contributed by atoms with Crippen LogP contribution < -0.4 is 10.1 Å². The Morgan fingerprint density at radius 3 is 2.38 bits per heavy atom. The highest BCUT2D eigenvalue weighted by Crippen LogP contribution is 2.26. The van der Waals surface area contributed by atoms with Gasteiger partial charge in [-0.1, -0.05) is 12.1 Å². The molecule has 32 heavy (non-hydrogen) atoms. The first-order valence-corrected chi connectivity index (χ1v) is 10.5. The van der Waals surface area contributed by atoms with Gasteiger partial charge in [-0.25, -0.2) is 18.2 Å². The zero-order chi connectivity index (χ0) is 22.5. The zero-order valence-electron chi connectivity index (χ0n) is 16.6. The van der Waals surface area contributed by atoms with E-state index in [0.29, 0.717) is 16.5 Å². The van der Waals surface area contributed by atoms with Crippen LogP contribution in [-0.4, -0.2) is 10.9 Å². The number of halogens is 3. The third-order valence-corrected chi connectivity index (χ3v) is 5.51. The summed E-state index contributed by atoms with van der Waals surface area (Å²) in [5, 5.41) is 5.08. The minimum absolute atomic E-state index is 0.0267. The van der Waals surface area contributed by atoms with Gasteiger partial charge in [-0.05, 0) is 54.1 Å². The molecule has 1 amide bonds. The maximum absolute atomic E-state index is 13.7. The van der Waals surface area contributed by atoms with Gasteiger partial charge in [-0.3, -0.25) is 4.79 Å². The fourth-order valence-electron chi connectivity index (χ4n) is 2.88. The topological polar surface area (TPSA) is 51.2 Å². The molecular weight excluding hydrogens is 437 g/mol. The van der Waals surface area contributed by atoms with E-state index in [-0.39, 0.29) is 30.4 Å². The second-order valence-corrected chi connectivity index (χ2v) is 7.75. The lowest BCUT2D eigenvalue weighted by molar-refractivity contribution is 0.0946. The molecule has 0 fully saturated rings. The van der Waals surface area contributed by atoms with Crippen LogP contribution >= 0.6 is 11.3 Å². The van der Waals surface area contributed by atoms with Crippen molar-refractivity contribution in [3.8, 4) is 16.3 Å². The summed E-state index contributed by atoms with van der Waals surface area (Å²) in [5.74, 6) is -1.43. The molecule has 8 heteroatoms. The summed E-state index contributed by atoms with van der Waals surface area (Å²) in [5.41, 5.74) is 2.13. The molecule has 0 aliphatic rings. The fourth-order valence-corrected chi connectivity index (χ4v) is 3.69. The van der Waals surface area contributed by atoms with E-state index in [2.05, 4.69) is 10.3 Å². The molecule has 162 valence electrons. The molecule has 0 saturated carbocycles. The Balaban J connectivity index is 1.35. The van der Waals surface area contributed by atoms with Crippen molar-refractivity contribution in [1.29, 1.82) is 0 Å². The monoisotopic (exact) mass is 454 g/mol. The number of hydrogen-bond donors (Lipinski definition) is 1. The van der Waals surface area contributed by atoms with Gasteiger partial charge in [0, 0.05) is 29.1 Å². The van der Waals surface area contributed by atoms with Gasteiger partial charge in [0.05, 0.1) is 0 Å². The third-order valence-electron chi connectivity index (χ3n) is 4.61. The van der Waals surface area contributed by atoms with Gasteiger partial charge in [0.2, 0.25) is 0 Å². The molecule has 4 nitrogen and oxygen atoms in total. The normalized spacial score (nSPS) is 10.7. The fraction of sp³-hybridized carbons (Fsp3) is 0.0833. The maximum atomic E-state index is 13.7. The van der Waals surface area contributed by atoms with Crippen LogP contribution in [0.4, 0.5) is 13.2 Å². The first kappa shape index (κ1) is 21.6. The maximum Gasteiger partial charge on any atom is 0.271 e. The number of ether oxygens (including phenoxy) is 1. The minimum Gasteiger partial charge on any atom is -0.489 e. The van der Waals surface area contributed by atoms with Gasteiger partial charge in [0.25, 0.3) is 5.91 Å². The van der Waals surface area contributed by atoms with Crippen molar-refractivity contribution in [3.05, 3.63) is 106 Å². The zero-order valence-corrected chi connectivity index (χ0v) is 17.5. The number of hydrogen-bond acceptors (Lipinski definition) is 4. The van der Waals surface area contributed by atoms with Gasteiger partial charge in [-0.15, -0.1) is 11.3 Å². The Labute approximate surface area is 186 Å². The number of benzene rings is 3. The van der Waals surface area contributed by atoms with Crippen molar-refractivity contribution >= 4 is 17.2 Å². The van der Waals surface area contributed by atoms with Crippen LogP contribution in [0.2, 0.25) is 0 Å². The number of carbonyl (C=O) groups excluding carboxylic acids is 1. The van der Waals surface area contributed by atoms with Gasteiger partial charge >= 0.3 is 0 Å². The summed E-state index contributed by atoms with van der Waals surface area (Å²) in [7, 11) is 0. The minimum atomic E-state index is -0.658. The highest BCUT2D eigenvalue weighted by molar-refractivity contribution is 7.13. The van der Waals surface area contributed by atoms with Crippen molar-refractivity contribution in [1.82, 2.24) is 10.3 Å². The summed E-state index contributed by atoms with van der Waals surface area (Å²) in [6.07, 6.45) is 0. The average molecular weight is 454 g/mol. The van der Waals surface area contributed by atoms with Crippen LogP contribution in [0.5, 0.6) is 5.75 Å². The largest absolute Gasteiger partial charge is 0.489 e. The number of nitrogens with one attached hydrogen (secondary N) is 1. The van der Waals surface area contributed by atoms with Crippen LogP contribution in [-0.2, 0) is 13.2 Å². The lowest BCUT2D eigenvalue weighted by atomic mass is 10.2. The van der Waals surface area contributed by atoms with Crippen LogP contribution in [0.1, 0.15) is 21.6 Å². The van der Waals surface area contributed by atoms with Crippen LogP contribution in [0.25, 0.3) is 10.6 Å². The molecule has 0 bridgehead atoms. The molecule has 0 atom stereocenters. The average Bonchev–Trinajstić information content (AvgIpc) is 3.29. The van der Waals surface area contributed by atoms with E-state index >= 15 is 0 Å². The Bertz CT molecular complexity index is 1220. The van der Waals surface area contributed by atoms with Crippen molar-refractivity contribution in [2.45, 2.75) is 13.2 Å². The smallest absolute Gasteiger partial charge is 0.271 e. The van der Waals surface area contributed by atoms with Gasteiger partial charge in [-0.2, -0.15) is 0 Å². The molecule has 1 aromatic heterocycles. The van der Waals surface area contributed by atoms with Gasteiger partial charge in [0.15, 0.2) is 0 Å². The van der Waals surface area contributed by atoms with Gasteiger partial charge in [0.1, 0.15) is 40.5 Å². The quantitative estimate of drug-likeness (QED) is 0.388. The summed E-state index contributed by atoms with van der Waals surface area (Å²) in [4.78, 5) is 16.7. The molecule has 0 saturated heterocycles. The molecule has 0 spiro atoms. The van der Waals surface area contributed by atoms with E-state index in [4.69, 9.17) is 4.74 Å². The number of aromatic nitrogens is 1. The standard InChI is InChI=1S/C24H17F3N2O2S/c25-18-6-1-15(2-7-18)12-28-23(30)22-14-32-24(29-22)16-4-9-20(10-5-16)31-13-17-3-8-19(26)11-21(17)27/h1-11,14H,12-13H2,(H,28,30). The third kappa shape index (κ3) is 5.33. The van der Waals surface area contributed by atoms with E-state index in [9.17, 15) is 18.0 Å². The molecular formula is C24H17F3N2O2S. The number of amides is 1. The lowest BCUT2D eigenvalue weighted by Crippen LogP contribution is -2.23.